The van der Waals surface area contributed by atoms with Crippen molar-refractivity contribution in [1.82, 2.24) is 4.90 Å². The van der Waals surface area contributed by atoms with Gasteiger partial charge in [-0.3, -0.25) is 14.5 Å². The molecule has 0 saturated carbocycles. The highest BCUT2D eigenvalue weighted by atomic mass is 16.5. The SMILES string of the molecule is O=C1C=C(Nc2ccc(Oc3ccccc3)cc2)C(=O)N1CCO. The number of nitrogens with one attached hydrogen (secondary N) is 1. The number of rotatable bonds is 6. The third kappa shape index (κ3) is 3.44. The van der Waals surface area contributed by atoms with Crippen LogP contribution in [0, 0.1) is 0 Å². The lowest BCUT2D eigenvalue weighted by atomic mass is 10.3. The van der Waals surface area contributed by atoms with E-state index in [4.69, 9.17) is 9.84 Å². The summed E-state index contributed by atoms with van der Waals surface area (Å²) in [4.78, 5) is 24.7. The maximum absolute atomic E-state index is 12.1. The molecule has 0 bridgehead atoms. The van der Waals surface area contributed by atoms with Crippen LogP contribution >= 0.6 is 0 Å². The number of ether oxygens (including phenoxy) is 1. The summed E-state index contributed by atoms with van der Waals surface area (Å²) in [6.07, 6.45) is 1.23. The van der Waals surface area contributed by atoms with Crippen LogP contribution in [0.4, 0.5) is 5.69 Å². The summed E-state index contributed by atoms with van der Waals surface area (Å²) in [5, 5.41) is 11.8. The van der Waals surface area contributed by atoms with Crippen molar-refractivity contribution in [2.75, 3.05) is 18.5 Å². The maximum atomic E-state index is 12.1. The molecular weight excluding hydrogens is 308 g/mol. The number of hydrogen-bond donors (Lipinski definition) is 2. The number of benzene rings is 2. The first kappa shape index (κ1) is 15.8. The van der Waals surface area contributed by atoms with Gasteiger partial charge >= 0.3 is 0 Å². The first-order chi connectivity index (χ1) is 11.7. The summed E-state index contributed by atoms with van der Waals surface area (Å²) in [7, 11) is 0. The highest BCUT2D eigenvalue weighted by Crippen LogP contribution is 2.24. The zero-order valence-electron chi connectivity index (χ0n) is 12.8. The van der Waals surface area contributed by atoms with E-state index in [-0.39, 0.29) is 18.8 Å². The fourth-order valence-electron chi connectivity index (χ4n) is 2.30. The van der Waals surface area contributed by atoms with Crippen LogP contribution in [0.5, 0.6) is 11.5 Å². The van der Waals surface area contributed by atoms with Crippen molar-refractivity contribution in [2.24, 2.45) is 0 Å². The zero-order chi connectivity index (χ0) is 16.9. The number of β-amino-alcohol motifs (C(OH)–C–C–N with tert-alkyl or cyclic N) is 1. The van der Waals surface area contributed by atoms with Gasteiger partial charge in [-0.15, -0.1) is 0 Å². The molecular formula is C18H16N2O4. The third-order valence-electron chi connectivity index (χ3n) is 3.45. The van der Waals surface area contributed by atoms with Crippen LogP contribution in [0.15, 0.2) is 66.4 Å². The van der Waals surface area contributed by atoms with Gasteiger partial charge in [0.25, 0.3) is 11.8 Å². The minimum absolute atomic E-state index is 0.0107. The van der Waals surface area contributed by atoms with Crippen LogP contribution in [0.1, 0.15) is 0 Å². The predicted molar refractivity (Wildman–Crippen MR) is 88.5 cm³/mol. The number of aliphatic hydroxyl groups is 1. The molecule has 3 rings (SSSR count). The first-order valence-corrected chi connectivity index (χ1v) is 7.46. The van der Waals surface area contributed by atoms with E-state index in [1.54, 1.807) is 24.3 Å². The van der Waals surface area contributed by atoms with E-state index in [0.29, 0.717) is 11.4 Å². The van der Waals surface area contributed by atoms with Crippen molar-refractivity contribution in [1.29, 1.82) is 0 Å². The zero-order valence-corrected chi connectivity index (χ0v) is 12.8. The number of carbonyl (C=O) groups excluding carboxylic acids is 2. The Morgan fingerprint density at radius 2 is 1.62 bits per heavy atom. The van der Waals surface area contributed by atoms with E-state index in [0.717, 1.165) is 10.6 Å². The highest BCUT2D eigenvalue weighted by molar-refractivity contribution is 6.17. The molecule has 0 aliphatic carbocycles. The second kappa shape index (κ2) is 6.97. The topological polar surface area (TPSA) is 78.9 Å². The lowest BCUT2D eigenvalue weighted by molar-refractivity contribution is -0.137. The fourth-order valence-corrected chi connectivity index (χ4v) is 2.30. The monoisotopic (exact) mass is 324 g/mol. The quantitative estimate of drug-likeness (QED) is 0.796. The van der Waals surface area contributed by atoms with Gasteiger partial charge < -0.3 is 15.2 Å². The van der Waals surface area contributed by atoms with Gasteiger partial charge in [-0.25, -0.2) is 0 Å². The summed E-state index contributed by atoms with van der Waals surface area (Å²) < 4.78 is 5.69. The van der Waals surface area contributed by atoms with Gasteiger partial charge in [0.1, 0.15) is 17.2 Å². The van der Waals surface area contributed by atoms with Gasteiger partial charge in [-0.2, -0.15) is 0 Å². The summed E-state index contributed by atoms with van der Waals surface area (Å²) in [6.45, 7) is -0.271. The van der Waals surface area contributed by atoms with E-state index < -0.39 is 11.8 Å². The predicted octanol–water partition coefficient (Wildman–Crippen LogP) is 2.14. The molecule has 0 atom stereocenters. The van der Waals surface area contributed by atoms with E-state index in [1.807, 2.05) is 30.3 Å². The van der Waals surface area contributed by atoms with Crippen LogP contribution in [0.2, 0.25) is 0 Å². The van der Waals surface area contributed by atoms with E-state index in [1.165, 1.54) is 6.08 Å². The normalized spacial score (nSPS) is 13.9. The van der Waals surface area contributed by atoms with E-state index in [9.17, 15) is 9.59 Å². The van der Waals surface area contributed by atoms with Gasteiger partial charge in [-0.05, 0) is 36.4 Å². The van der Waals surface area contributed by atoms with E-state index >= 15 is 0 Å². The molecule has 1 aliphatic rings. The number of aliphatic hydroxyl groups excluding tert-OH is 1. The molecule has 6 nitrogen and oxygen atoms in total. The number of nitrogens with zero attached hydrogens (tertiary/aromatic N) is 1. The second-order valence-corrected chi connectivity index (χ2v) is 5.14. The Morgan fingerprint density at radius 1 is 0.958 bits per heavy atom. The Labute approximate surface area is 139 Å². The molecule has 2 aromatic rings. The van der Waals surface area contributed by atoms with Gasteiger partial charge in [0.05, 0.1) is 13.2 Å². The highest BCUT2D eigenvalue weighted by Gasteiger charge is 2.30. The smallest absolute Gasteiger partial charge is 0.277 e. The standard InChI is InChI=1S/C18H16N2O4/c21-11-10-20-17(22)12-16(18(20)23)19-13-6-8-15(9-7-13)24-14-4-2-1-3-5-14/h1-9,12,19,21H,10-11H2. The number of imide groups is 1. The second-order valence-electron chi connectivity index (χ2n) is 5.14. The first-order valence-electron chi connectivity index (χ1n) is 7.46. The van der Waals surface area contributed by atoms with Crippen LogP contribution in [0.25, 0.3) is 0 Å². The lowest BCUT2D eigenvalue weighted by Crippen LogP contribution is -2.34. The molecule has 0 spiro atoms. The fraction of sp³-hybridized carbons (Fsp3) is 0.111. The summed E-state index contributed by atoms with van der Waals surface area (Å²) in [5.41, 5.74) is 0.846. The van der Waals surface area contributed by atoms with Crippen LogP contribution in [-0.4, -0.2) is 35.0 Å². The molecule has 24 heavy (non-hydrogen) atoms. The van der Waals surface area contributed by atoms with Crippen LogP contribution in [0.3, 0.4) is 0 Å². The third-order valence-corrected chi connectivity index (χ3v) is 3.45. The minimum atomic E-state index is -0.446. The number of carbonyl (C=O) groups is 2. The molecule has 2 amide bonds. The average Bonchev–Trinajstić information content (AvgIpc) is 2.85. The maximum Gasteiger partial charge on any atom is 0.277 e. The van der Waals surface area contributed by atoms with Crippen molar-refractivity contribution in [3.63, 3.8) is 0 Å². The summed E-state index contributed by atoms with van der Waals surface area (Å²) >= 11 is 0. The number of amides is 2. The van der Waals surface area contributed by atoms with Crippen molar-refractivity contribution in [3.05, 3.63) is 66.4 Å². The number of para-hydroxylation sites is 1. The van der Waals surface area contributed by atoms with Gasteiger partial charge in [0.2, 0.25) is 0 Å². The van der Waals surface area contributed by atoms with Crippen LogP contribution in [-0.2, 0) is 9.59 Å². The molecule has 122 valence electrons. The van der Waals surface area contributed by atoms with Gasteiger partial charge in [0.15, 0.2) is 0 Å². The molecule has 6 heteroatoms. The molecule has 0 unspecified atom stereocenters. The van der Waals surface area contributed by atoms with Crippen LogP contribution < -0.4 is 10.1 Å². The summed E-state index contributed by atoms with van der Waals surface area (Å²) in [6, 6.07) is 16.4. The van der Waals surface area contributed by atoms with Crippen molar-refractivity contribution in [2.45, 2.75) is 0 Å². The Balaban J connectivity index is 1.66. The Hall–Kier alpha value is -3.12. The molecule has 0 fully saturated rings. The Bertz CT molecular complexity index is 769. The summed E-state index contributed by atoms with van der Waals surface area (Å²) in [5.74, 6) is 0.521. The largest absolute Gasteiger partial charge is 0.457 e. The molecule has 2 N–H and O–H groups in total. The van der Waals surface area contributed by atoms with Gasteiger partial charge in [0, 0.05) is 11.8 Å². The molecule has 1 aliphatic heterocycles. The number of anilines is 1. The lowest BCUT2D eigenvalue weighted by Gasteiger charge is -2.13. The van der Waals surface area contributed by atoms with Gasteiger partial charge in [-0.1, -0.05) is 18.2 Å². The Kier molecular flexibility index (Phi) is 4.58. The molecule has 1 heterocycles. The molecule has 2 aromatic carbocycles. The van der Waals surface area contributed by atoms with Crippen molar-refractivity contribution >= 4 is 17.5 Å². The Morgan fingerprint density at radius 3 is 2.29 bits per heavy atom. The minimum Gasteiger partial charge on any atom is -0.457 e. The van der Waals surface area contributed by atoms with E-state index in [2.05, 4.69) is 5.32 Å². The molecule has 0 radical (unpaired) electrons. The van der Waals surface area contributed by atoms with Crippen molar-refractivity contribution < 1.29 is 19.4 Å². The average molecular weight is 324 g/mol. The molecule has 0 aromatic heterocycles. The number of hydrogen-bond acceptors (Lipinski definition) is 5. The molecule has 0 saturated heterocycles. The van der Waals surface area contributed by atoms with Crippen molar-refractivity contribution in [3.8, 4) is 11.5 Å².